The fourth-order valence-corrected chi connectivity index (χ4v) is 3.90. The molecule has 6 nitrogen and oxygen atoms in total. The lowest BCUT2D eigenvalue weighted by atomic mass is 9.96. The van der Waals surface area contributed by atoms with E-state index in [1.165, 1.54) is 18.9 Å². The molecule has 1 aliphatic carbocycles. The number of aromatic nitrogens is 1. The molecule has 1 aromatic heterocycles. The predicted octanol–water partition coefficient (Wildman–Crippen LogP) is 2.17. The van der Waals surface area contributed by atoms with Crippen LogP contribution in [0.25, 0.3) is 0 Å². The molecule has 0 bridgehead atoms. The summed E-state index contributed by atoms with van der Waals surface area (Å²) >= 11 is 5.20. The maximum Gasteiger partial charge on any atom is 0.419 e. The molecule has 0 aromatic carbocycles. The zero-order chi connectivity index (χ0) is 20.1. The number of piperidine rings is 1. The van der Waals surface area contributed by atoms with Crippen LogP contribution in [-0.4, -0.2) is 30.2 Å². The minimum absolute atomic E-state index is 0.119. The second-order valence-electron chi connectivity index (χ2n) is 7.29. The smallest absolute Gasteiger partial charge is 0.359 e. The number of pyridine rings is 1. The highest BCUT2D eigenvalue weighted by molar-refractivity contribution is 7.80. The minimum atomic E-state index is -4.36. The Bertz CT molecular complexity index is 683. The lowest BCUT2D eigenvalue weighted by molar-refractivity contribution is -0.367. The van der Waals surface area contributed by atoms with Crippen LogP contribution in [0, 0.1) is 5.92 Å². The average Bonchev–Trinajstić information content (AvgIpc) is 3.18. The van der Waals surface area contributed by atoms with E-state index in [4.69, 9.17) is 12.2 Å². The molecular weight excluding hydrogens is 391 g/mol. The summed E-state index contributed by atoms with van der Waals surface area (Å²) < 4.78 is 37.9. The average molecular weight is 416 g/mol. The van der Waals surface area contributed by atoms with E-state index in [0.29, 0.717) is 42.9 Å². The number of anilines is 1. The van der Waals surface area contributed by atoms with Gasteiger partial charge in [0.2, 0.25) is 5.91 Å². The van der Waals surface area contributed by atoms with Crippen LogP contribution >= 0.6 is 12.2 Å². The Labute approximate surface area is 167 Å². The van der Waals surface area contributed by atoms with Crippen molar-refractivity contribution in [2.45, 2.75) is 50.7 Å². The number of thiocarbonyl (C=S) groups is 1. The first-order valence-electron chi connectivity index (χ1n) is 9.53. The van der Waals surface area contributed by atoms with E-state index < -0.39 is 11.7 Å². The van der Waals surface area contributed by atoms with E-state index in [1.54, 1.807) is 0 Å². The summed E-state index contributed by atoms with van der Waals surface area (Å²) in [5, 5.41) is 3.62. The second-order valence-corrected chi connectivity index (χ2v) is 7.70. The summed E-state index contributed by atoms with van der Waals surface area (Å²) in [6.45, 7) is 1.18. The highest BCUT2D eigenvalue weighted by Gasteiger charge is 2.33. The monoisotopic (exact) mass is 416 g/mol. The summed E-state index contributed by atoms with van der Waals surface area (Å²) in [6.07, 6.45) is 2.42. The number of halogens is 3. The normalized spacial score (nSPS) is 18.8. The van der Waals surface area contributed by atoms with Crippen molar-refractivity contribution in [3.8, 4) is 0 Å². The molecule has 4 N–H and O–H groups in total. The molecule has 2 aliphatic rings. The van der Waals surface area contributed by atoms with Gasteiger partial charge in [0.15, 0.2) is 5.11 Å². The van der Waals surface area contributed by atoms with Crippen molar-refractivity contribution in [1.29, 1.82) is 0 Å². The van der Waals surface area contributed by atoms with Crippen LogP contribution < -0.4 is 26.1 Å². The van der Waals surface area contributed by atoms with Gasteiger partial charge in [0.25, 0.3) is 5.82 Å². The third kappa shape index (κ3) is 5.46. The van der Waals surface area contributed by atoms with Gasteiger partial charge in [0.05, 0.1) is 18.7 Å². The van der Waals surface area contributed by atoms with Crippen molar-refractivity contribution < 1.29 is 22.9 Å². The fraction of sp³-hybridized carbons (Fsp3) is 0.611. The fourth-order valence-electron chi connectivity index (χ4n) is 3.68. The molecular formula is C18H25F3N5OS+. The molecule has 3 rings (SSSR count). The molecule has 1 saturated carbocycles. The van der Waals surface area contributed by atoms with E-state index in [1.807, 2.05) is 4.90 Å². The standard InChI is InChI=1S/C18H24F3N5OS/c19-18(20,21)13-5-6-15(22-11-13)26-9-7-12(8-10-26)16(27)24-25-17(28)23-14-3-1-2-4-14/h5-6,11-12,14H,1-4,7-10H2,(H,24,27)(H2,23,25,28)/p+1. The first kappa shape index (κ1) is 20.6. The van der Waals surface area contributed by atoms with Crippen LogP contribution in [-0.2, 0) is 11.0 Å². The number of aromatic amines is 1. The Hall–Kier alpha value is -2.10. The summed E-state index contributed by atoms with van der Waals surface area (Å²) in [5.41, 5.74) is 4.72. The Balaban J connectivity index is 1.41. The van der Waals surface area contributed by atoms with Crippen molar-refractivity contribution >= 4 is 29.1 Å². The summed E-state index contributed by atoms with van der Waals surface area (Å²) in [5.74, 6) is 0.339. The van der Waals surface area contributed by atoms with Gasteiger partial charge < -0.3 is 5.32 Å². The number of hydrazine groups is 1. The Morgan fingerprint density at radius 3 is 2.36 bits per heavy atom. The van der Waals surface area contributed by atoms with Gasteiger partial charge >= 0.3 is 6.18 Å². The largest absolute Gasteiger partial charge is 0.419 e. The van der Waals surface area contributed by atoms with Gasteiger partial charge in [0, 0.05) is 18.0 Å². The number of carbonyl (C=O) groups is 1. The number of amides is 1. The lowest BCUT2D eigenvalue weighted by Gasteiger charge is -2.27. The molecule has 0 spiro atoms. The number of H-pyrrole nitrogens is 1. The van der Waals surface area contributed by atoms with Crippen LogP contribution in [0.5, 0.6) is 0 Å². The van der Waals surface area contributed by atoms with E-state index in [9.17, 15) is 18.0 Å². The van der Waals surface area contributed by atoms with Gasteiger partial charge in [-0.25, -0.2) is 4.98 Å². The Morgan fingerprint density at radius 2 is 1.79 bits per heavy atom. The molecule has 0 atom stereocenters. The molecule has 2 heterocycles. The molecule has 0 radical (unpaired) electrons. The number of carbonyl (C=O) groups excluding carboxylic acids is 1. The van der Waals surface area contributed by atoms with Gasteiger partial charge in [-0.3, -0.25) is 20.5 Å². The molecule has 1 aliphatic heterocycles. The van der Waals surface area contributed by atoms with Crippen LogP contribution in [0.15, 0.2) is 18.3 Å². The van der Waals surface area contributed by atoms with Gasteiger partial charge in [-0.15, -0.1) is 0 Å². The predicted molar refractivity (Wildman–Crippen MR) is 102 cm³/mol. The Kier molecular flexibility index (Phi) is 6.58. The van der Waals surface area contributed by atoms with Gasteiger partial charge in [-0.1, -0.05) is 12.8 Å². The molecule has 0 unspecified atom stereocenters. The van der Waals surface area contributed by atoms with E-state index in [2.05, 4.69) is 21.2 Å². The lowest BCUT2D eigenvalue weighted by Crippen LogP contribution is -2.52. The van der Waals surface area contributed by atoms with Crippen molar-refractivity contribution in [2.75, 3.05) is 18.0 Å². The summed E-state index contributed by atoms with van der Waals surface area (Å²) in [6, 6.07) is 2.87. The third-order valence-corrected chi connectivity index (χ3v) is 5.54. The maximum absolute atomic E-state index is 12.6. The molecule has 28 heavy (non-hydrogen) atoms. The number of nitrogens with zero attached hydrogens (tertiary/aromatic N) is 1. The number of nitrogens with one attached hydrogen (secondary N) is 4. The van der Waals surface area contributed by atoms with Crippen LogP contribution in [0.4, 0.5) is 19.0 Å². The molecule has 10 heteroatoms. The zero-order valence-electron chi connectivity index (χ0n) is 15.4. The first-order valence-corrected chi connectivity index (χ1v) is 9.94. The number of alkyl halides is 3. The summed E-state index contributed by atoms with van der Waals surface area (Å²) in [4.78, 5) is 17.0. The topological polar surface area (TPSA) is 70.5 Å². The van der Waals surface area contributed by atoms with E-state index in [-0.39, 0.29) is 11.8 Å². The highest BCUT2D eigenvalue weighted by Crippen LogP contribution is 2.29. The SMILES string of the molecule is O=C(NNC(=S)NC1CCCC1)C1CCN(c2ccc(C(F)(F)F)c[nH+]2)CC1. The molecule has 1 amide bonds. The van der Waals surface area contributed by atoms with Crippen molar-refractivity contribution in [1.82, 2.24) is 16.2 Å². The quantitative estimate of drug-likeness (QED) is 0.521. The van der Waals surface area contributed by atoms with Crippen molar-refractivity contribution in [3.63, 3.8) is 0 Å². The molecule has 154 valence electrons. The highest BCUT2D eigenvalue weighted by atomic mass is 32.1. The number of hydrogen-bond acceptors (Lipinski definition) is 3. The number of hydrogen-bond donors (Lipinski definition) is 3. The minimum Gasteiger partial charge on any atom is -0.359 e. The molecule has 2 fully saturated rings. The van der Waals surface area contributed by atoms with Crippen molar-refractivity contribution in [3.05, 3.63) is 23.9 Å². The van der Waals surface area contributed by atoms with Gasteiger partial charge in [-0.05, 0) is 44.0 Å². The van der Waals surface area contributed by atoms with E-state index in [0.717, 1.165) is 25.1 Å². The first-order chi connectivity index (χ1) is 13.3. The van der Waals surface area contributed by atoms with E-state index >= 15 is 0 Å². The van der Waals surface area contributed by atoms with Gasteiger partial charge in [0.1, 0.15) is 6.20 Å². The van der Waals surface area contributed by atoms with Crippen LogP contribution in [0.1, 0.15) is 44.1 Å². The Morgan fingerprint density at radius 1 is 1.11 bits per heavy atom. The van der Waals surface area contributed by atoms with Crippen LogP contribution in [0.2, 0.25) is 0 Å². The second kappa shape index (κ2) is 8.93. The van der Waals surface area contributed by atoms with Crippen molar-refractivity contribution in [2.24, 2.45) is 5.92 Å². The summed E-state index contributed by atoms with van der Waals surface area (Å²) in [7, 11) is 0. The maximum atomic E-state index is 12.6. The molecule has 1 saturated heterocycles. The third-order valence-electron chi connectivity index (χ3n) is 5.32. The molecule has 1 aromatic rings. The van der Waals surface area contributed by atoms with Gasteiger partial charge in [-0.2, -0.15) is 13.2 Å². The zero-order valence-corrected chi connectivity index (χ0v) is 16.3. The number of rotatable bonds is 3. The van der Waals surface area contributed by atoms with Crippen LogP contribution in [0.3, 0.4) is 0 Å².